The van der Waals surface area contributed by atoms with Crippen molar-refractivity contribution in [1.82, 2.24) is 10.6 Å². The molecule has 2 unspecified atom stereocenters. The quantitative estimate of drug-likeness (QED) is 0.735. The van der Waals surface area contributed by atoms with Crippen molar-refractivity contribution in [1.29, 1.82) is 0 Å². The van der Waals surface area contributed by atoms with Crippen LogP contribution in [0.2, 0.25) is 0 Å². The van der Waals surface area contributed by atoms with Gasteiger partial charge < -0.3 is 10.6 Å². The molecule has 0 aliphatic heterocycles. The van der Waals surface area contributed by atoms with E-state index >= 15 is 0 Å². The summed E-state index contributed by atoms with van der Waals surface area (Å²) < 4.78 is 0.394. The van der Waals surface area contributed by atoms with Crippen LogP contribution in [0.3, 0.4) is 0 Å². The highest BCUT2D eigenvalue weighted by molar-refractivity contribution is 8.00. The van der Waals surface area contributed by atoms with E-state index in [4.69, 9.17) is 0 Å². The van der Waals surface area contributed by atoms with Crippen molar-refractivity contribution in [3.8, 4) is 0 Å². The van der Waals surface area contributed by atoms with E-state index in [2.05, 4.69) is 23.8 Å². The summed E-state index contributed by atoms with van der Waals surface area (Å²) in [5.74, 6) is 0.120. The van der Waals surface area contributed by atoms with E-state index in [1.165, 1.54) is 19.3 Å². The van der Waals surface area contributed by atoms with Crippen molar-refractivity contribution in [3.63, 3.8) is 0 Å². The van der Waals surface area contributed by atoms with E-state index in [-0.39, 0.29) is 18.0 Å². The van der Waals surface area contributed by atoms with Crippen LogP contribution < -0.4 is 10.6 Å². The standard InChI is InChI=1S/C13H26N2OS/c1-5-10(2)15-12(16)11(3)14-9-13(17-4)7-6-8-13/h10-11,14H,5-9H2,1-4H3,(H,15,16). The molecule has 17 heavy (non-hydrogen) atoms. The van der Waals surface area contributed by atoms with Crippen LogP contribution in [0.5, 0.6) is 0 Å². The molecule has 1 fully saturated rings. The Morgan fingerprint density at radius 3 is 2.47 bits per heavy atom. The highest BCUT2D eigenvalue weighted by atomic mass is 32.2. The number of hydrogen-bond donors (Lipinski definition) is 2. The third-order valence-electron chi connectivity index (χ3n) is 3.82. The van der Waals surface area contributed by atoms with Gasteiger partial charge in [-0.1, -0.05) is 13.3 Å². The zero-order chi connectivity index (χ0) is 12.9. The van der Waals surface area contributed by atoms with Crippen molar-refractivity contribution in [2.45, 2.75) is 63.3 Å². The number of carbonyl (C=O) groups is 1. The Morgan fingerprint density at radius 2 is 2.06 bits per heavy atom. The summed E-state index contributed by atoms with van der Waals surface area (Å²) >= 11 is 1.94. The van der Waals surface area contributed by atoms with Crippen molar-refractivity contribution < 1.29 is 4.79 Å². The summed E-state index contributed by atoms with van der Waals surface area (Å²) in [6.07, 6.45) is 7.04. The van der Waals surface area contributed by atoms with Gasteiger partial charge in [-0.15, -0.1) is 0 Å². The summed E-state index contributed by atoms with van der Waals surface area (Å²) in [4.78, 5) is 11.8. The summed E-state index contributed by atoms with van der Waals surface area (Å²) in [6.45, 7) is 7.02. The molecule has 3 nitrogen and oxygen atoms in total. The molecule has 0 heterocycles. The third kappa shape index (κ3) is 4.18. The summed E-state index contributed by atoms with van der Waals surface area (Å²) in [5.41, 5.74) is 0. The van der Waals surface area contributed by atoms with Gasteiger partial charge in [0.1, 0.15) is 0 Å². The van der Waals surface area contributed by atoms with Gasteiger partial charge in [0.2, 0.25) is 5.91 Å². The van der Waals surface area contributed by atoms with Gasteiger partial charge in [-0.2, -0.15) is 11.8 Å². The van der Waals surface area contributed by atoms with Gasteiger partial charge in [0, 0.05) is 17.3 Å². The lowest BCUT2D eigenvalue weighted by molar-refractivity contribution is -0.123. The first-order chi connectivity index (χ1) is 8.03. The van der Waals surface area contributed by atoms with Gasteiger partial charge in [-0.3, -0.25) is 4.79 Å². The molecule has 0 spiro atoms. The van der Waals surface area contributed by atoms with E-state index < -0.39 is 0 Å². The summed E-state index contributed by atoms with van der Waals surface area (Å²) in [6, 6.07) is 0.179. The van der Waals surface area contributed by atoms with Gasteiger partial charge in [-0.25, -0.2) is 0 Å². The number of amides is 1. The molecule has 0 aromatic heterocycles. The Labute approximate surface area is 109 Å². The molecule has 0 aromatic rings. The number of rotatable bonds is 7. The van der Waals surface area contributed by atoms with Gasteiger partial charge in [-0.05, 0) is 39.4 Å². The summed E-state index contributed by atoms with van der Waals surface area (Å²) in [5, 5.41) is 6.38. The predicted molar refractivity (Wildman–Crippen MR) is 75.5 cm³/mol. The molecule has 0 radical (unpaired) electrons. The number of carbonyl (C=O) groups excluding carboxylic acids is 1. The maximum atomic E-state index is 11.8. The molecular weight excluding hydrogens is 232 g/mol. The zero-order valence-electron chi connectivity index (χ0n) is 11.5. The van der Waals surface area contributed by atoms with Crippen molar-refractivity contribution >= 4 is 17.7 Å². The second-order valence-electron chi connectivity index (χ2n) is 5.16. The second kappa shape index (κ2) is 6.64. The lowest BCUT2D eigenvalue weighted by Crippen LogP contribution is -2.51. The minimum Gasteiger partial charge on any atom is -0.352 e. The van der Waals surface area contributed by atoms with Gasteiger partial charge in [0.05, 0.1) is 6.04 Å². The largest absolute Gasteiger partial charge is 0.352 e. The van der Waals surface area contributed by atoms with Crippen molar-refractivity contribution in [2.75, 3.05) is 12.8 Å². The van der Waals surface area contributed by atoms with Crippen LogP contribution in [0.15, 0.2) is 0 Å². The maximum Gasteiger partial charge on any atom is 0.237 e. The lowest BCUT2D eigenvalue weighted by Gasteiger charge is -2.41. The van der Waals surface area contributed by atoms with Crippen LogP contribution in [0.4, 0.5) is 0 Å². The second-order valence-corrected chi connectivity index (χ2v) is 6.44. The van der Waals surface area contributed by atoms with Crippen LogP contribution in [0, 0.1) is 0 Å². The molecule has 0 aromatic carbocycles. The molecule has 1 rings (SSSR count). The van der Waals surface area contributed by atoms with Gasteiger partial charge in [0.15, 0.2) is 0 Å². The molecule has 1 saturated carbocycles. The Hall–Kier alpha value is -0.220. The van der Waals surface area contributed by atoms with Crippen LogP contribution >= 0.6 is 11.8 Å². The van der Waals surface area contributed by atoms with E-state index in [0.29, 0.717) is 4.75 Å². The van der Waals surface area contributed by atoms with Crippen LogP contribution in [0.25, 0.3) is 0 Å². The average Bonchev–Trinajstić information content (AvgIpc) is 2.27. The van der Waals surface area contributed by atoms with Gasteiger partial charge in [0.25, 0.3) is 0 Å². The Morgan fingerprint density at radius 1 is 1.41 bits per heavy atom. The molecule has 100 valence electrons. The van der Waals surface area contributed by atoms with E-state index in [1.807, 2.05) is 25.6 Å². The van der Waals surface area contributed by atoms with Crippen molar-refractivity contribution in [2.24, 2.45) is 0 Å². The fraction of sp³-hybridized carbons (Fsp3) is 0.923. The molecule has 2 N–H and O–H groups in total. The Kier molecular flexibility index (Phi) is 5.80. The van der Waals surface area contributed by atoms with Crippen molar-refractivity contribution in [3.05, 3.63) is 0 Å². The predicted octanol–water partition coefficient (Wildman–Crippen LogP) is 2.16. The zero-order valence-corrected chi connectivity index (χ0v) is 12.3. The first-order valence-corrected chi connectivity index (χ1v) is 7.84. The Balaban J connectivity index is 2.28. The molecular formula is C13H26N2OS. The lowest BCUT2D eigenvalue weighted by atomic mass is 9.84. The van der Waals surface area contributed by atoms with Gasteiger partial charge >= 0.3 is 0 Å². The summed E-state index contributed by atoms with van der Waals surface area (Å²) in [7, 11) is 0. The Bertz CT molecular complexity index is 248. The normalized spacial score (nSPS) is 21.4. The monoisotopic (exact) mass is 258 g/mol. The van der Waals surface area contributed by atoms with E-state index in [9.17, 15) is 4.79 Å². The fourth-order valence-electron chi connectivity index (χ4n) is 1.93. The van der Waals surface area contributed by atoms with Crippen LogP contribution in [-0.4, -0.2) is 35.5 Å². The van der Waals surface area contributed by atoms with E-state index in [1.54, 1.807) is 0 Å². The topological polar surface area (TPSA) is 41.1 Å². The number of thioether (sulfide) groups is 1. The van der Waals surface area contributed by atoms with Crippen LogP contribution in [-0.2, 0) is 4.79 Å². The highest BCUT2D eigenvalue weighted by Gasteiger charge is 2.36. The smallest absolute Gasteiger partial charge is 0.237 e. The fourth-order valence-corrected chi connectivity index (χ4v) is 2.85. The van der Waals surface area contributed by atoms with E-state index in [0.717, 1.165) is 13.0 Å². The first kappa shape index (κ1) is 14.8. The molecule has 1 aliphatic carbocycles. The molecule has 1 aliphatic rings. The maximum absolute atomic E-state index is 11.8. The minimum absolute atomic E-state index is 0.0892. The third-order valence-corrected chi connectivity index (χ3v) is 5.24. The minimum atomic E-state index is -0.0892. The molecule has 2 atom stereocenters. The molecule has 4 heteroatoms. The molecule has 0 saturated heterocycles. The highest BCUT2D eigenvalue weighted by Crippen LogP contribution is 2.42. The molecule has 1 amide bonds. The first-order valence-electron chi connectivity index (χ1n) is 6.62. The average molecular weight is 258 g/mol. The number of nitrogens with one attached hydrogen (secondary N) is 2. The SMILES string of the molecule is CCC(C)NC(=O)C(C)NCC1(SC)CCC1. The number of hydrogen-bond acceptors (Lipinski definition) is 3. The molecule has 0 bridgehead atoms. The van der Waals surface area contributed by atoms with Crippen LogP contribution in [0.1, 0.15) is 46.5 Å².